The molecule has 1 unspecified atom stereocenters. The molecule has 0 amide bonds. The Morgan fingerprint density at radius 3 is 3.10 bits per heavy atom. The summed E-state index contributed by atoms with van der Waals surface area (Å²) >= 11 is 0. The van der Waals surface area contributed by atoms with Gasteiger partial charge >= 0.3 is 0 Å². The van der Waals surface area contributed by atoms with E-state index in [0.29, 0.717) is 12.1 Å². The molecule has 0 bridgehead atoms. The Hall–Kier alpha value is -1.73. The van der Waals surface area contributed by atoms with Gasteiger partial charge in [0.05, 0.1) is 6.10 Å². The largest absolute Gasteiger partial charge is 0.377 e. The molecule has 0 radical (unpaired) electrons. The Morgan fingerprint density at radius 1 is 1.38 bits per heavy atom. The molecule has 0 aromatic carbocycles. The van der Waals surface area contributed by atoms with Gasteiger partial charge in [0.1, 0.15) is 12.1 Å². The highest BCUT2D eigenvalue weighted by molar-refractivity contribution is 5.47. The van der Waals surface area contributed by atoms with E-state index in [1.54, 1.807) is 10.8 Å². The third-order valence-corrected chi connectivity index (χ3v) is 4.47. The molecule has 4 heterocycles. The van der Waals surface area contributed by atoms with Crippen LogP contribution in [0.15, 0.2) is 18.5 Å². The third-order valence-electron chi connectivity index (χ3n) is 4.47. The van der Waals surface area contributed by atoms with Gasteiger partial charge in [-0.15, -0.1) is 15.3 Å². The Bertz CT molecular complexity index is 617. The second-order valence-electron chi connectivity index (χ2n) is 5.96. The van der Waals surface area contributed by atoms with Crippen LogP contribution in [0.4, 0.5) is 5.82 Å². The lowest BCUT2D eigenvalue weighted by atomic mass is 10.1. The average Bonchev–Trinajstić information content (AvgIpc) is 3.07. The molecular formula is C14H20N6O. The molecule has 0 aliphatic carbocycles. The van der Waals surface area contributed by atoms with Crippen LogP contribution in [0.3, 0.4) is 0 Å². The summed E-state index contributed by atoms with van der Waals surface area (Å²) in [4.78, 5) is 4.71. The number of rotatable bonds is 4. The minimum atomic E-state index is 0.426. The second-order valence-corrected chi connectivity index (χ2v) is 5.96. The van der Waals surface area contributed by atoms with E-state index in [1.807, 2.05) is 12.1 Å². The first-order valence-corrected chi connectivity index (χ1v) is 7.53. The van der Waals surface area contributed by atoms with Crippen molar-refractivity contribution in [1.29, 1.82) is 0 Å². The van der Waals surface area contributed by atoms with Crippen LogP contribution >= 0.6 is 0 Å². The molecule has 0 N–H and O–H groups in total. The molecule has 2 aliphatic heterocycles. The van der Waals surface area contributed by atoms with E-state index in [9.17, 15) is 0 Å². The fourth-order valence-electron chi connectivity index (χ4n) is 3.07. The van der Waals surface area contributed by atoms with Crippen LogP contribution in [0, 0.1) is 0 Å². The van der Waals surface area contributed by atoms with Gasteiger partial charge in [-0.05, 0) is 32.0 Å². The Balaban J connectivity index is 1.35. The lowest BCUT2D eigenvalue weighted by Gasteiger charge is -2.45. The van der Waals surface area contributed by atoms with E-state index in [2.05, 4.69) is 32.1 Å². The molecule has 7 nitrogen and oxygen atoms in total. The zero-order valence-corrected chi connectivity index (χ0v) is 12.2. The van der Waals surface area contributed by atoms with Crippen LogP contribution in [0.1, 0.15) is 12.8 Å². The van der Waals surface area contributed by atoms with Gasteiger partial charge in [0, 0.05) is 32.3 Å². The van der Waals surface area contributed by atoms with Gasteiger partial charge in [-0.25, -0.2) is 0 Å². The van der Waals surface area contributed by atoms with Gasteiger partial charge < -0.3 is 9.64 Å². The first-order valence-electron chi connectivity index (χ1n) is 7.53. The maximum atomic E-state index is 5.71. The number of fused-ring (bicyclic) bond motifs is 1. The molecule has 4 rings (SSSR count). The van der Waals surface area contributed by atoms with E-state index >= 15 is 0 Å². The SMILES string of the molecule is CN(CC1CCCO1)C1CN(c2ccc3nncn3n2)C1. The van der Waals surface area contributed by atoms with E-state index in [1.165, 1.54) is 12.8 Å². The van der Waals surface area contributed by atoms with Gasteiger partial charge in [0.25, 0.3) is 0 Å². The van der Waals surface area contributed by atoms with Gasteiger partial charge in [0.2, 0.25) is 0 Å². The zero-order valence-electron chi connectivity index (χ0n) is 12.2. The quantitative estimate of drug-likeness (QED) is 0.813. The summed E-state index contributed by atoms with van der Waals surface area (Å²) in [6.45, 7) is 4.00. The third kappa shape index (κ3) is 2.47. The molecule has 2 aromatic heterocycles. The molecule has 0 spiro atoms. The molecule has 7 heteroatoms. The first-order chi connectivity index (χ1) is 10.3. The number of likely N-dealkylation sites (N-methyl/N-ethyl adjacent to an activating group) is 1. The number of aromatic nitrogens is 4. The van der Waals surface area contributed by atoms with Gasteiger partial charge in [-0.3, -0.25) is 4.90 Å². The van der Waals surface area contributed by atoms with Crippen LogP contribution in [-0.2, 0) is 4.74 Å². The standard InChI is InChI=1S/C14H20N6O/c1-18(9-12-3-2-6-21-12)11-7-19(8-11)14-5-4-13-16-15-10-20(13)17-14/h4-5,10-12H,2-3,6-9H2,1H3. The van der Waals surface area contributed by atoms with Gasteiger partial charge in [0.15, 0.2) is 5.65 Å². The summed E-state index contributed by atoms with van der Waals surface area (Å²) in [6, 6.07) is 4.56. The maximum Gasteiger partial charge on any atom is 0.177 e. The highest BCUT2D eigenvalue weighted by atomic mass is 16.5. The maximum absolute atomic E-state index is 5.71. The summed E-state index contributed by atoms with van der Waals surface area (Å²) in [6.07, 6.45) is 4.47. The lowest BCUT2D eigenvalue weighted by Crippen LogP contribution is -2.59. The summed E-state index contributed by atoms with van der Waals surface area (Å²) in [5, 5.41) is 12.4. The highest BCUT2D eigenvalue weighted by Crippen LogP contribution is 2.22. The highest BCUT2D eigenvalue weighted by Gasteiger charge is 2.32. The smallest absolute Gasteiger partial charge is 0.177 e. The predicted molar refractivity (Wildman–Crippen MR) is 78.4 cm³/mol. The van der Waals surface area contributed by atoms with Crippen molar-refractivity contribution in [2.24, 2.45) is 0 Å². The lowest BCUT2D eigenvalue weighted by molar-refractivity contribution is 0.0627. The van der Waals surface area contributed by atoms with Gasteiger partial charge in [-0.1, -0.05) is 0 Å². The number of anilines is 1. The molecule has 2 fully saturated rings. The molecule has 2 aliphatic rings. The second kappa shape index (κ2) is 5.23. The molecule has 0 saturated carbocycles. The fraction of sp³-hybridized carbons (Fsp3) is 0.643. The first kappa shape index (κ1) is 13.0. The molecule has 21 heavy (non-hydrogen) atoms. The normalized spacial score (nSPS) is 23.1. The van der Waals surface area contributed by atoms with Crippen molar-refractivity contribution in [3.05, 3.63) is 18.5 Å². The van der Waals surface area contributed by atoms with E-state index in [0.717, 1.165) is 37.7 Å². The summed E-state index contributed by atoms with van der Waals surface area (Å²) in [5.74, 6) is 0.990. The monoisotopic (exact) mass is 288 g/mol. The number of ether oxygens (including phenoxy) is 1. The van der Waals surface area contributed by atoms with Crippen molar-refractivity contribution in [2.45, 2.75) is 25.0 Å². The Labute approximate surface area is 123 Å². The van der Waals surface area contributed by atoms with Crippen molar-refractivity contribution >= 4 is 11.5 Å². The zero-order chi connectivity index (χ0) is 14.2. The van der Waals surface area contributed by atoms with Crippen LogP contribution < -0.4 is 4.90 Å². The summed E-state index contributed by atoms with van der Waals surface area (Å²) in [5.41, 5.74) is 0.784. The van der Waals surface area contributed by atoms with Crippen LogP contribution in [0.2, 0.25) is 0 Å². The van der Waals surface area contributed by atoms with Crippen molar-refractivity contribution in [2.75, 3.05) is 38.2 Å². The predicted octanol–water partition coefficient (Wildman–Crippen LogP) is 0.424. The molecule has 2 saturated heterocycles. The Morgan fingerprint density at radius 2 is 2.29 bits per heavy atom. The molecular weight excluding hydrogens is 268 g/mol. The van der Waals surface area contributed by atoms with Gasteiger partial charge in [-0.2, -0.15) is 4.52 Å². The summed E-state index contributed by atoms with van der Waals surface area (Å²) in [7, 11) is 2.19. The average molecular weight is 288 g/mol. The minimum Gasteiger partial charge on any atom is -0.377 e. The van der Waals surface area contributed by atoms with Crippen molar-refractivity contribution in [1.82, 2.24) is 24.7 Å². The minimum absolute atomic E-state index is 0.426. The number of hydrogen-bond donors (Lipinski definition) is 0. The van der Waals surface area contributed by atoms with Crippen LogP contribution in [-0.4, -0.2) is 70.1 Å². The van der Waals surface area contributed by atoms with Crippen molar-refractivity contribution in [3.8, 4) is 0 Å². The fourth-order valence-corrected chi connectivity index (χ4v) is 3.07. The van der Waals surface area contributed by atoms with E-state index in [-0.39, 0.29) is 0 Å². The number of nitrogens with zero attached hydrogens (tertiary/aromatic N) is 6. The van der Waals surface area contributed by atoms with Crippen LogP contribution in [0.25, 0.3) is 5.65 Å². The molecule has 2 aromatic rings. The van der Waals surface area contributed by atoms with E-state index in [4.69, 9.17) is 4.74 Å². The molecule has 1 atom stereocenters. The van der Waals surface area contributed by atoms with Crippen LogP contribution in [0.5, 0.6) is 0 Å². The summed E-state index contributed by atoms with van der Waals surface area (Å²) < 4.78 is 7.43. The number of hydrogen-bond acceptors (Lipinski definition) is 6. The van der Waals surface area contributed by atoms with Crippen molar-refractivity contribution < 1.29 is 4.74 Å². The topological polar surface area (TPSA) is 58.8 Å². The van der Waals surface area contributed by atoms with E-state index < -0.39 is 0 Å². The Kier molecular flexibility index (Phi) is 3.23. The molecule has 112 valence electrons. The van der Waals surface area contributed by atoms with Crippen molar-refractivity contribution in [3.63, 3.8) is 0 Å².